The molecule has 0 spiro atoms. The summed E-state index contributed by atoms with van der Waals surface area (Å²) in [5, 5.41) is 3.63. The number of para-hydroxylation sites is 1. The molecule has 1 aromatic heterocycles. The van der Waals surface area contributed by atoms with Gasteiger partial charge >= 0.3 is 0 Å². The zero-order valence-corrected chi connectivity index (χ0v) is 18.2. The number of sulfonamides is 1. The predicted octanol–water partition coefficient (Wildman–Crippen LogP) is 2.03. The van der Waals surface area contributed by atoms with E-state index in [-0.39, 0.29) is 42.9 Å². The number of rotatable bonds is 3. The number of anilines is 1. The number of nitrogens with zero attached hydrogens (tertiary/aromatic N) is 2. The van der Waals surface area contributed by atoms with E-state index in [0.29, 0.717) is 17.1 Å². The van der Waals surface area contributed by atoms with Crippen LogP contribution in [-0.4, -0.2) is 66.7 Å². The molecule has 1 atom stereocenters. The molecule has 2 aliphatic rings. The summed E-state index contributed by atoms with van der Waals surface area (Å²) in [6.07, 6.45) is -0.632. The average molecular weight is 455 g/mol. The second kappa shape index (κ2) is 7.64. The minimum Gasteiger partial charge on any atom is -0.479 e. The van der Waals surface area contributed by atoms with E-state index in [1.54, 1.807) is 17.9 Å². The maximum Gasteiger partial charge on any atom is 0.270 e. The van der Waals surface area contributed by atoms with Crippen LogP contribution in [0.5, 0.6) is 5.75 Å². The molecule has 2 N–H and O–H groups in total. The van der Waals surface area contributed by atoms with Gasteiger partial charge in [-0.15, -0.1) is 0 Å². The molecule has 3 aromatic rings. The summed E-state index contributed by atoms with van der Waals surface area (Å²) in [4.78, 5) is 29.6. The highest BCUT2D eigenvalue weighted by atomic mass is 32.2. The van der Waals surface area contributed by atoms with Crippen LogP contribution in [-0.2, 0) is 14.8 Å². The Balaban J connectivity index is 1.30. The molecule has 1 fully saturated rings. The standard InChI is InChI=1S/C22H22N4O5S/c1-14-21(27)24-18-13-16(6-7-20(18)31-14)32(29,30)26-10-8-25(9-11-26)22(28)19-12-15-4-2-3-5-17(15)23-19/h2-7,12-14,23H,8-11H2,1H3,(H,24,27)/t14-/m1/s1. The van der Waals surface area contributed by atoms with E-state index in [1.165, 1.54) is 16.4 Å². The largest absolute Gasteiger partial charge is 0.479 e. The first-order valence-electron chi connectivity index (χ1n) is 10.3. The smallest absolute Gasteiger partial charge is 0.270 e. The summed E-state index contributed by atoms with van der Waals surface area (Å²) in [7, 11) is -3.78. The monoisotopic (exact) mass is 454 g/mol. The third-order valence-corrected chi connectivity index (χ3v) is 7.70. The predicted molar refractivity (Wildman–Crippen MR) is 118 cm³/mol. The number of aromatic amines is 1. The topological polar surface area (TPSA) is 112 Å². The lowest BCUT2D eigenvalue weighted by Gasteiger charge is -2.34. The molecular formula is C22H22N4O5S. The normalized spacial score (nSPS) is 19.3. The molecule has 0 bridgehead atoms. The van der Waals surface area contributed by atoms with E-state index in [1.807, 2.05) is 30.3 Å². The third kappa shape index (κ3) is 3.51. The number of amides is 2. The first-order chi connectivity index (χ1) is 15.3. The lowest BCUT2D eigenvalue weighted by Crippen LogP contribution is -2.50. The Hall–Kier alpha value is -3.37. The molecule has 2 aliphatic heterocycles. The van der Waals surface area contributed by atoms with Crippen molar-refractivity contribution in [3.63, 3.8) is 0 Å². The number of piperazine rings is 1. The highest BCUT2D eigenvalue weighted by Crippen LogP contribution is 2.33. The van der Waals surface area contributed by atoms with Crippen molar-refractivity contribution < 1.29 is 22.7 Å². The Morgan fingerprint density at radius 3 is 2.56 bits per heavy atom. The summed E-state index contributed by atoms with van der Waals surface area (Å²) in [6, 6.07) is 13.9. The van der Waals surface area contributed by atoms with Crippen LogP contribution in [0.15, 0.2) is 53.4 Å². The van der Waals surface area contributed by atoms with E-state index < -0.39 is 16.1 Å². The van der Waals surface area contributed by atoms with Gasteiger partial charge in [0.2, 0.25) is 10.0 Å². The number of aromatic nitrogens is 1. The van der Waals surface area contributed by atoms with Gasteiger partial charge in [0.25, 0.3) is 11.8 Å². The maximum absolute atomic E-state index is 13.1. The average Bonchev–Trinajstić information content (AvgIpc) is 3.23. The van der Waals surface area contributed by atoms with Gasteiger partial charge in [0.1, 0.15) is 11.4 Å². The second-order valence-corrected chi connectivity index (χ2v) is 9.81. The SMILES string of the molecule is C[C@H]1Oc2ccc(S(=O)(=O)N3CCN(C(=O)c4cc5ccccc5[nH]4)CC3)cc2NC1=O. The van der Waals surface area contributed by atoms with E-state index in [4.69, 9.17) is 4.74 Å². The van der Waals surface area contributed by atoms with Crippen molar-refractivity contribution in [2.75, 3.05) is 31.5 Å². The first kappa shape index (κ1) is 20.5. The second-order valence-electron chi connectivity index (χ2n) is 7.87. The van der Waals surface area contributed by atoms with Crippen molar-refractivity contribution in [2.45, 2.75) is 17.9 Å². The van der Waals surface area contributed by atoms with E-state index in [9.17, 15) is 18.0 Å². The Morgan fingerprint density at radius 2 is 1.81 bits per heavy atom. The molecule has 1 saturated heterocycles. The van der Waals surface area contributed by atoms with Crippen molar-refractivity contribution in [3.8, 4) is 5.75 Å². The van der Waals surface area contributed by atoms with Crippen LogP contribution in [0.3, 0.4) is 0 Å². The van der Waals surface area contributed by atoms with Crippen LogP contribution >= 0.6 is 0 Å². The molecule has 0 radical (unpaired) electrons. The molecule has 0 saturated carbocycles. The fourth-order valence-corrected chi connectivity index (χ4v) is 5.44. The molecule has 3 heterocycles. The van der Waals surface area contributed by atoms with Gasteiger partial charge in [-0.2, -0.15) is 4.31 Å². The minimum atomic E-state index is -3.78. The van der Waals surface area contributed by atoms with Crippen molar-refractivity contribution >= 4 is 38.4 Å². The van der Waals surface area contributed by atoms with Crippen LogP contribution < -0.4 is 10.1 Å². The number of H-pyrrole nitrogens is 1. The molecule has 10 heteroatoms. The molecule has 9 nitrogen and oxygen atoms in total. The summed E-state index contributed by atoms with van der Waals surface area (Å²) in [5.41, 5.74) is 1.71. The summed E-state index contributed by atoms with van der Waals surface area (Å²) in [5.74, 6) is -0.0398. The number of nitrogens with one attached hydrogen (secondary N) is 2. The Kier molecular flexibility index (Phi) is 4.90. The molecule has 2 aromatic carbocycles. The zero-order chi connectivity index (χ0) is 22.5. The number of fused-ring (bicyclic) bond motifs is 2. The summed E-state index contributed by atoms with van der Waals surface area (Å²) in [6.45, 7) is 2.57. The van der Waals surface area contributed by atoms with Crippen LogP contribution in [0.25, 0.3) is 10.9 Å². The number of ether oxygens (including phenoxy) is 1. The molecule has 2 amide bonds. The van der Waals surface area contributed by atoms with Gasteiger partial charge in [0.05, 0.1) is 10.6 Å². The van der Waals surface area contributed by atoms with Crippen molar-refractivity contribution in [3.05, 3.63) is 54.2 Å². The van der Waals surface area contributed by atoms with Crippen molar-refractivity contribution in [1.82, 2.24) is 14.2 Å². The van der Waals surface area contributed by atoms with E-state index in [0.717, 1.165) is 10.9 Å². The fourth-order valence-electron chi connectivity index (χ4n) is 3.99. The van der Waals surface area contributed by atoms with Gasteiger partial charge in [-0.3, -0.25) is 9.59 Å². The van der Waals surface area contributed by atoms with Gasteiger partial charge in [-0.05, 0) is 37.3 Å². The highest BCUT2D eigenvalue weighted by molar-refractivity contribution is 7.89. The highest BCUT2D eigenvalue weighted by Gasteiger charge is 2.32. The maximum atomic E-state index is 13.1. The van der Waals surface area contributed by atoms with Crippen molar-refractivity contribution in [1.29, 1.82) is 0 Å². The lowest BCUT2D eigenvalue weighted by atomic mass is 10.2. The van der Waals surface area contributed by atoms with Gasteiger partial charge in [0.15, 0.2) is 6.10 Å². The van der Waals surface area contributed by atoms with Gasteiger partial charge in [-0.25, -0.2) is 8.42 Å². The lowest BCUT2D eigenvalue weighted by molar-refractivity contribution is -0.122. The number of carbonyl (C=O) groups is 2. The van der Waals surface area contributed by atoms with E-state index >= 15 is 0 Å². The number of carbonyl (C=O) groups excluding carboxylic acids is 2. The van der Waals surface area contributed by atoms with Gasteiger partial charge in [-0.1, -0.05) is 18.2 Å². The summed E-state index contributed by atoms with van der Waals surface area (Å²) >= 11 is 0. The van der Waals surface area contributed by atoms with E-state index in [2.05, 4.69) is 10.3 Å². The van der Waals surface area contributed by atoms with Gasteiger partial charge < -0.3 is 19.9 Å². The molecular weight excluding hydrogens is 432 g/mol. The molecule has 166 valence electrons. The molecule has 0 aliphatic carbocycles. The van der Waals surface area contributed by atoms with Crippen LogP contribution in [0.1, 0.15) is 17.4 Å². The third-order valence-electron chi connectivity index (χ3n) is 5.81. The molecule has 32 heavy (non-hydrogen) atoms. The molecule has 0 unspecified atom stereocenters. The van der Waals surface area contributed by atoms with Crippen LogP contribution in [0.2, 0.25) is 0 Å². The number of hydrogen-bond donors (Lipinski definition) is 2. The number of benzene rings is 2. The fraction of sp³-hybridized carbons (Fsp3) is 0.273. The van der Waals surface area contributed by atoms with Gasteiger partial charge in [0, 0.05) is 37.1 Å². The Bertz CT molecular complexity index is 1290. The van der Waals surface area contributed by atoms with Crippen LogP contribution in [0.4, 0.5) is 5.69 Å². The zero-order valence-electron chi connectivity index (χ0n) is 17.4. The summed E-state index contributed by atoms with van der Waals surface area (Å²) < 4.78 is 33.1. The minimum absolute atomic E-state index is 0.0742. The molecule has 5 rings (SSSR count). The van der Waals surface area contributed by atoms with Crippen molar-refractivity contribution in [2.24, 2.45) is 0 Å². The quantitative estimate of drug-likeness (QED) is 0.629. The number of hydrogen-bond acceptors (Lipinski definition) is 5. The Morgan fingerprint density at radius 1 is 1.06 bits per heavy atom. The first-order valence-corrected chi connectivity index (χ1v) is 11.8. The Labute approximate surface area is 185 Å². The van der Waals surface area contributed by atoms with Crippen LogP contribution in [0, 0.1) is 0 Å².